The zero-order valence-electron chi connectivity index (χ0n) is 8.84. The topological polar surface area (TPSA) is 64.8 Å². The van der Waals surface area contributed by atoms with Crippen molar-refractivity contribution >= 4 is 5.91 Å². The third-order valence-corrected chi connectivity index (χ3v) is 3.13. The van der Waals surface area contributed by atoms with Crippen LogP contribution < -0.4 is 15.2 Å². The average Bonchev–Trinajstić information content (AvgIpc) is 2.76. The van der Waals surface area contributed by atoms with E-state index in [1.54, 1.807) is 11.9 Å². The van der Waals surface area contributed by atoms with Gasteiger partial charge in [0.05, 0.1) is 6.04 Å². The lowest BCUT2D eigenvalue weighted by molar-refractivity contribution is -0.147. The maximum absolute atomic E-state index is 11.3. The van der Waals surface area contributed by atoms with E-state index >= 15 is 0 Å². The highest BCUT2D eigenvalue weighted by molar-refractivity contribution is 5.89. The van der Waals surface area contributed by atoms with Crippen LogP contribution in [0.1, 0.15) is 11.6 Å². The van der Waals surface area contributed by atoms with Crippen molar-refractivity contribution < 1.29 is 14.3 Å². The minimum atomic E-state index is -0.439. The average molecular weight is 220 g/mol. The molecule has 1 fully saturated rings. The Hall–Kier alpha value is -1.75. The Labute approximate surface area is 92.7 Å². The van der Waals surface area contributed by atoms with Crippen LogP contribution in [0.15, 0.2) is 18.2 Å². The quantitative estimate of drug-likeness (QED) is 0.689. The maximum Gasteiger partial charge on any atom is 0.242 e. The van der Waals surface area contributed by atoms with Gasteiger partial charge in [-0.05, 0) is 17.7 Å². The predicted octanol–water partition coefficient (Wildman–Crippen LogP) is 0.256. The molecule has 0 saturated carbocycles. The van der Waals surface area contributed by atoms with Gasteiger partial charge in [0.1, 0.15) is 6.04 Å². The lowest BCUT2D eigenvalue weighted by Crippen LogP contribution is -2.61. The Morgan fingerprint density at radius 1 is 1.38 bits per heavy atom. The van der Waals surface area contributed by atoms with Crippen LogP contribution in [-0.2, 0) is 4.79 Å². The van der Waals surface area contributed by atoms with Crippen molar-refractivity contribution in [2.24, 2.45) is 5.73 Å². The molecule has 2 N–H and O–H groups in total. The van der Waals surface area contributed by atoms with Crippen molar-refractivity contribution in [1.82, 2.24) is 4.90 Å². The van der Waals surface area contributed by atoms with E-state index in [1.165, 1.54) is 0 Å². The zero-order valence-corrected chi connectivity index (χ0v) is 8.84. The van der Waals surface area contributed by atoms with Gasteiger partial charge in [0.25, 0.3) is 0 Å². The smallest absolute Gasteiger partial charge is 0.242 e. The predicted molar refractivity (Wildman–Crippen MR) is 56.1 cm³/mol. The molecular formula is C11H12N2O3. The van der Waals surface area contributed by atoms with Gasteiger partial charge in [0.15, 0.2) is 11.5 Å². The van der Waals surface area contributed by atoms with Crippen LogP contribution in [0, 0.1) is 0 Å². The maximum atomic E-state index is 11.3. The van der Waals surface area contributed by atoms with Crippen LogP contribution in [0.25, 0.3) is 0 Å². The van der Waals surface area contributed by atoms with Crippen LogP contribution in [0.5, 0.6) is 11.5 Å². The molecule has 1 saturated heterocycles. The van der Waals surface area contributed by atoms with Gasteiger partial charge in [-0.15, -0.1) is 0 Å². The van der Waals surface area contributed by atoms with Gasteiger partial charge in [0.2, 0.25) is 12.7 Å². The second kappa shape index (κ2) is 3.12. The van der Waals surface area contributed by atoms with Crippen molar-refractivity contribution in [3.05, 3.63) is 23.8 Å². The lowest BCUT2D eigenvalue weighted by Gasteiger charge is -2.43. The number of carbonyl (C=O) groups is 1. The number of rotatable bonds is 1. The first kappa shape index (κ1) is 9.47. The number of fused-ring (bicyclic) bond motifs is 1. The van der Waals surface area contributed by atoms with E-state index in [-0.39, 0.29) is 18.7 Å². The summed E-state index contributed by atoms with van der Waals surface area (Å²) in [6.07, 6.45) is 0. The molecule has 5 nitrogen and oxygen atoms in total. The van der Waals surface area contributed by atoms with Gasteiger partial charge in [-0.2, -0.15) is 0 Å². The highest BCUT2D eigenvalue weighted by atomic mass is 16.7. The molecule has 16 heavy (non-hydrogen) atoms. The van der Waals surface area contributed by atoms with Crippen LogP contribution in [0.4, 0.5) is 0 Å². The van der Waals surface area contributed by atoms with Gasteiger partial charge in [-0.3, -0.25) is 4.79 Å². The molecule has 3 rings (SSSR count). The molecule has 0 aromatic heterocycles. The van der Waals surface area contributed by atoms with E-state index in [2.05, 4.69) is 0 Å². The summed E-state index contributed by atoms with van der Waals surface area (Å²) in [5.41, 5.74) is 6.76. The number of β-lactam (4-membered cyclic amide) rings is 1. The van der Waals surface area contributed by atoms with E-state index in [0.29, 0.717) is 0 Å². The second-order valence-electron chi connectivity index (χ2n) is 4.03. The summed E-state index contributed by atoms with van der Waals surface area (Å²) < 4.78 is 10.5. The number of hydrogen-bond donors (Lipinski definition) is 1. The first-order valence-corrected chi connectivity index (χ1v) is 5.10. The van der Waals surface area contributed by atoms with Gasteiger partial charge < -0.3 is 20.1 Å². The van der Waals surface area contributed by atoms with Gasteiger partial charge >= 0.3 is 0 Å². The molecule has 2 heterocycles. The van der Waals surface area contributed by atoms with Crippen molar-refractivity contribution in [3.63, 3.8) is 0 Å². The molecular weight excluding hydrogens is 208 g/mol. The summed E-state index contributed by atoms with van der Waals surface area (Å²) in [5, 5.41) is 0. The molecule has 2 unspecified atom stereocenters. The molecule has 2 atom stereocenters. The fourth-order valence-electron chi connectivity index (χ4n) is 2.19. The van der Waals surface area contributed by atoms with Crippen molar-refractivity contribution in [2.45, 2.75) is 12.1 Å². The van der Waals surface area contributed by atoms with Crippen LogP contribution in [-0.4, -0.2) is 30.7 Å². The number of nitrogens with zero attached hydrogens (tertiary/aromatic N) is 1. The van der Waals surface area contributed by atoms with Crippen molar-refractivity contribution in [1.29, 1.82) is 0 Å². The van der Waals surface area contributed by atoms with Crippen LogP contribution in [0.3, 0.4) is 0 Å². The Morgan fingerprint density at radius 2 is 2.12 bits per heavy atom. The van der Waals surface area contributed by atoms with Crippen molar-refractivity contribution in [2.75, 3.05) is 13.8 Å². The summed E-state index contributed by atoms with van der Waals surface area (Å²) in [5.74, 6) is 1.44. The number of benzene rings is 1. The number of hydrogen-bond acceptors (Lipinski definition) is 4. The monoisotopic (exact) mass is 220 g/mol. The summed E-state index contributed by atoms with van der Waals surface area (Å²) in [4.78, 5) is 13.0. The number of nitrogens with two attached hydrogens (primary N) is 1. The Morgan fingerprint density at radius 3 is 2.88 bits per heavy atom. The highest BCUT2D eigenvalue weighted by Gasteiger charge is 2.43. The Kier molecular flexibility index (Phi) is 1.85. The van der Waals surface area contributed by atoms with E-state index < -0.39 is 6.04 Å². The standard InChI is InChI=1S/C11H12N2O3/c1-13-10(9(12)11(13)14)6-2-3-7-8(4-6)16-5-15-7/h2-4,9-10H,5,12H2,1H3. The third-order valence-electron chi connectivity index (χ3n) is 3.13. The lowest BCUT2D eigenvalue weighted by atomic mass is 9.90. The largest absolute Gasteiger partial charge is 0.454 e. The van der Waals surface area contributed by atoms with Crippen molar-refractivity contribution in [3.8, 4) is 11.5 Å². The van der Waals surface area contributed by atoms with Gasteiger partial charge in [0, 0.05) is 7.05 Å². The fraction of sp³-hybridized carbons (Fsp3) is 0.364. The molecule has 1 aromatic rings. The number of ether oxygens (including phenoxy) is 2. The van der Waals surface area contributed by atoms with Crippen LogP contribution >= 0.6 is 0 Å². The number of amides is 1. The first-order valence-electron chi connectivity index (χ1n) is 5.10. The highest BCUT2D eigenvalue weighted by Crippen LogP contribution is 2.38. The number of likely N-dealkylation sites (N-methyl/N-ethyl adjacent to an activating group) is 1. The summed E-state index contributed by atoms with van der Waals surface area (Å²) in [7, 11) is 1.75. The molecule has 2 aliphatic rings. The molecule has 0 spiro atoms. The minimum absolute atomic E-state index is 0.0253. The first-order chi connectivity index (χ1) is 7.68. The molecule has 5 heteroatoms. The van der Waals surface area contributed by atoms with Gasteiger partial charge in [-0.1, -0.05) is 6.07 Å². The molecule has 0 bridgehead atoms. The molecule has 2 aliphatic heterocycles. The molecule has 0 radical (unpaired) electrons. The normalized spacial score (nSPS) is 26.9. The summed E-state index contributed by atoms with van der Waals surface area (Å²) >= 11 is 0. The summed E-state index contributed by atoms with van der Waals surface area (Å²) in [6, 6.07) is 5.16. The number of likely N-dealkylation sites (tertiary alicyclic amines) is 1. The number of carbonyl (C=O) groups excluding carboxylic acids is 1. The minimum Gasteiger partial charge on any atom is -0.454 e. The molecule has 1 aromatic carbocycles. The van der Waals surface area contributed by atoms with Gasteiger partial charge in [-0.25, -0.2) is 0 Å². The molecule has 1 amide bonds. The van der Waals surface area contributed by atoms with Crippen LogP contribution in [0.2, 0.25) is 0 Å². The van der Waals surface area contributed by atoms with E-state index in [4.69, 9.17) is 15.2 Å². The molecule has 84 valence electrons. The Bertz CT molecular complexity index is 449. The van der Waals surface area contributed by atoms with E-state index in [1.807, 2.05) is 18.2 Å². The zero-order chi connectivity index (χ0) is 11.3. The summed E-state index contributed by atoms with van der Waals surface area (Å²) in [6.45, 7) is 0.254. The second-order valence-corrected chi connectivity index (χ2v) is 4.03. The van der Waals surface area contributed by atoms with E-state index in [9.17, 15) is 4.79 Å². The SMILES string of the molecule is CN1C(=O)C(N)C1c1ccc2c(c1)OCO2. The van der Waals surface area contributed by atoms with E-state index in [0.717, 1.165) is 17.1 Å². The fourth-order valence-corrected chi connectivity index (χ4v) is 2.19. The molecule has 0 aliphatic carbocycles. The third kappa shape index (κ3) is 1.12. The Balaban J connectivity index is 1.93.